The fourth-order valence-electron chi connectivity index (χ4n) is 2.47. The molecule has 0 bridgehead atoms. The second-order valence-corrected chi connectivity index (χ2v) is 5.15. The summed E-state index contributed by atoms with van der Waals surface area (Å²) in [6.45, 7) is -1.30. The van der Waals surface area contributed by atoms with Gasteiger partial charge in [0.2, 0.25) is 0 Å². The summed E-state index contributed by atoms with van der Waals surface area (Å²) in [4.78, 5) is 25.1. The lowest BCUT2D eigenvalue weighted by molar-refractivity contribution is -0.162. The van der Waals surface area contributed by atoms with Crippen LogP contribution in [0.2, 0.25) is 0 Å². The molecule has 22 heavy (non-hydrogen) atoms. The topological polar surface area (TPSA) is 46.6 Å². The molecule has 0 radical (unpaired) electrons. The fraction of sp³-hybridized carbons (Fsp3) is 0.467. The molecule has 1 heterocycles. The van der Waals surface area contributed by atoms with Gasteiger partial charge in [0.25, 0.3) is 0 Å². The van der Waals surface area contributed by atoms with E-state index in [1.165, 1.54) is 4.90 Å². The van der Waals surface area contributed by atoms with Gasteiger partial charge in [0.05, 0.1) is 0 Å². The first-order valence-corrected chi connectivity index (χ1v) is 6.95. The van der Waals surface area contributed by atoms with Crippen molar-refractivity contribution in [3.63, 3.8) is 0 Å². The minimum absolute atomic E-state index is 0.0884. The maximum absolute atomic E-state index is 12.1. The molecule has 0 spiro atoms. The first kappa shape index (κ1) is 16.3. The number of carbonyl (C=O) groups excluding carboxylic acids is 2. The predicted molar refractivity (Wildman–Crippen MR) is 72.5 cm³/mol. The summed E-state index contributed by atoms with van der Waals surface area (Å²) in [6, 6.07) is 8.18. The largest absolute Gasteiger partial charge is 0.440 e. The smallest absolute Gasteiger partial charge is 0.422 e. The first-order chi connectivity index (χ1) is 10.4. The summed E-state index contributed by atoms with van der Waals surface area (Å²) < 4.78 is 40.5. The average Bonchev–Trinajstić information content (AvgIpc) is 2.93. The minimum atomic E-state index is -4.55. The van der Waals surface area contributed by atoms with Crippen LogP contribution in [0.25, 0.3) is 0 Å². The van der Waals surface area contributed by atoms with Crippen molar-refractivity contribution in [1.82, 2.24) is 4.90 Å². The zero-order valence-corrected chi connectivity index (χ0v) is 11.8. The van der Waals surface area contributed by atoms with E-state index in [2.05, 4.69) is 4.74 Å². The van der Waals surface area contributed by atoms with Gasteiger partial charge in [0.15, 0.2) is 12.4 Å². The number of likely N-dealkylation sites (tertiary alicyclic amines) is 1. The van der Waals surface area contributed by atoms with E-state index in [1.54, 1.807) is 30.3 Å². The van der Waals surface area contributed by atoms with Gasteiger partial charge < -0.3 is 9.64 Å². The highest BCUT2D eigenvalue weighted by Gasteiger charge is 2.35. The average molecular weight is 315 g/mol. The van der Waals surface area contributed by atoms with E-state index in [9.17, 15) is 22.8 Å². The van der Waals surface area contributed by atoms with E-state index in [0.717, 1.165) is 0 Å². The van der Waals surface area contributed by atoms with Gasteiger partial charge in [-0.25, -0.2) is 4.79 Å². The normalized spacial score (nSPS) is 18.3. The van der Waals surface area contributed by atoms with E-state index in [0.29, 0.717) is 24.9 Å². The Bertz CT molecular complexity index is 531. The molecule has 1 aromatic carbocycles. The van der Waals surface area contributed by atoms with Crippen LogP contribution >= 0.6 is 0 Å². The Morgan fingerprint density at radius 3 is 2.55 bits per heavy atom. The lowest BCUT2D eigenvalue weighted by atomic mass is 10.0. The zero-order chi connectivity index (χ0) is 16.2. The molecule has 2 rings (SSSR count). The molecule has 7 heteroatoms. The monoisotopic (exact) mass is 315 g/mol. The van der Waals surface area contributed by atoms with Gasteiger partial charge in [0, 0.05) is 24.6 Å². The van der Waals surface area contributed by atoms with E-state index < -0.39 is 24.9 Å². The third-order valence-corrected chi connectivity index (χ3v) is 3.49. The predicted octanol–water partition coefficient (Wildman–Crippen LogP) is 3.42. The number of nitrogens with zero attached hydrogens (tertiary/aromatic N) is 1. The molecule has 0 aliphatic carbocycles. The number of benzene rings is 1. The molecular weight excluding hydrogens is 299 g/mol. The zero-order valence-electron chi connectivity index (χ0n) is 11.8. The van der Waals surface area contributed by atoms with Gasteiger partial charge in [-0.15, -0.1) is 0 Å². The van der Waals surface area contributed by atoms with Crippen LogP contribution < -0.4 is 0 Å². The Kier molecular flexibility index (Phi) is 5.05. The number of alkyl halides is 3. The summed E-state index contributed by atoms with van der Waals surface area (Å²) in [5.41, 5.74) is 0.526. The highest BCUT2D eigenvalue weighted by molar-refractivity contribution is 5.96. The number of amides is 1. The van der Waals surface area contributed by atoms with Crippen molar-refractivity contribution in [2.45, 2.75) is 31.5 Å². The first-order valence-electron chi connectivity index (χ1n) is 6.95. The number of halogens is 3. The SMILES string of the molecule is O=C(C[C@H]1CCCN1C(=O)OCC(F)(F)F)c1ccccc1. The number of Topliss-reactive ketones (excluding diaryl/α,β-unsaturated/α-hetero) is 1. The molecule has 1 fully saturated rings. The Hall–Kier alpha value is -2.05. The lowest BCUT2D eigenvalue weighted by Gasteiger charge is -2.23. The number of hydrogen-bond donors (Lipinski definition) is 0. The van der Waals surface area contributed by atoms with Gasteiger partial charge in [-0.05, 0) is 12.8 Å². The van der Waals surface area contributed by atoms with Crippen LogP contribution in [-0.4, -0.2) is 42.1 Å². The molecule has 0 N–H and O–H groups in total. The van der Waals surface area contributed by atoms with Crippen molar-refractivity contribution in [1.29, 1.82) is 0 Å². The molecule has 1 aliphatic heterocycles. The second kappa shape index (κ2) is 6.81. The minimum Gasteiger partial charge on any atom is -0.440 e. The number of hydrogen-bond acceptors (Lipinski definition) is 3. The summed E-state index contributed by atoms with van der Waals surface area (Å²) in [5.74, 6) is -0.138. The van der Waals surface area contributed by atoms with Crippen molar-refractivity contribution in [3.8, 4) is 0 Å². The Morgan fingerprint density at radius 1 is 1.23 bits per heavy atom. The highest BCUT2D eigenvalue weighted by atomic mass is 19.4. The maximum atomic E-state index is 12.1. The maximum Gasteiger partial charge on any atom is 0.422 e. The number of carbonyl (C=O) groups is 2. The molecule has 1 aromatic rings. The van der Waals surface area contributed by atoms with E-state index in [1.807, 2.05) is 0 Å². The molecule has 0 unspecified atom stereocenters. The third kappa shape index (κ3) is 4.47. The van der Waals surface area contributed by atoms with Crippen molar-refractivity contribution >= 4 is 11.9 Å². The Labute approximate surface area is 125 Å². The van der Waals surface area contributed by atoms with Gasteiger partial charge >= 0.3 is 12.3 Å². The van der Waals surface area contributed by atoms with Crippen molar-refractivity contribution in [2.24, 2.45) is 0 Å². The lowest BCUT2D eigenvalue weighted by Crippen LogP contribution is -2.38. The van der Waals surface area contributed by atoms with Gasteiger partial charge in [-0.2, -0.15) is 13.2 Å². The molecule has 120 valence electrons. The van der Waals surface area contributed by atoms with Crippen LogP contribution in [0.4, 0.5) is 18.0 Å². The quantitative estimate of drug-likeness (QED) is 0.800. The van der Waals surface area contributed by atoms with Crippen LogP contribution in [0.5, 0.6) is 0 Å². The summed E-state index contributed by atoms with van der Waals surface area (Å²) in [7, 11) is 0. The molecular formula is C15H16F3NO3. The molecule has 1 amide bonds. The van der Waals surface area contributed by atoms with E-state index >= 15 is 0 Å². The van der Waals surface area contributed by atoms with Crippen LogP contribution in [0.15, 0.2) is 30.3 Å². The van der Waals surface area contributed by atoms with E-state index in [4.69, 9.17) is 0 Å². The fourth-order valence-corrected chi connectivity index (χ4v) is 2.47. The molecule has 4 nitrogen and oxygen atoms in total. The molecule has 0 saturated carbocycles. The molecule has 1 saturated heterocycles. The number of ketones is 1. The van der Waals surface area contributed by atoms with Crippen LogP contribution in [-0.2, 0) is 4.74 Å². The Balaban J connectivity index is 1.93. The van der Waals surface area contributed by atoms with Crippen molar-refractivity contribution in [3.05, 3.63) is 35.9 Å². The standard InChI is InChI=1S/C15H16F3NO3/c16-15(17,18)10-22-14(21)19-8-4-7-12(19)9-13(20)11-5-2-1-3-6-11/h1-3,5-6,12H,4,7-10H2/t12-/m1/s1. The summed E-state index contributed by atoms with van der Waals surface area (Å²) in [5, 5.41) is 0. The second-order valence-electron chi connectivity index (χ2n) is 5.15. The molecule has 0 aromatic heterocycles. The third-order valence-electron chi connectivity index (χ3n) is 3.49. The molecule has 1 atom stereocenters. The number of ether oxygens (including phenoxy) is 1. The Morgan fingerprint density at radius 2 is 1.91 bits per heavy atom. The van der Waals surface area contributed by atoms with Gasteiger partial charge in [-0.1, -0.05) is 30.3 Å². The summed E-state index contributed by atoms with van der Waals surface area (Å²) in [6.07, 6.45) is -4.25. The van der Waals surface area contributed by atoms with Gasteiger partial charge in [0.1, 0.15) is 0 Å². The van der Waals surface area contributed by atoms with Crippen molar-refractivity contribution < 1.29 is 27.5 Å². The van der Waals surface area contributed by atoms with Crippen LogP contribution in [0.3, 0.4) is 0 Å². The number of rotatable bonds is 4. The summed E-state index contributed by atoms with van der Waals surface area (Å²) >= 11 is 0. The van der Waals surface area contributed by atoms with Crippen LogP contribution in [0, 0.1) is 0 Å². The highest BCUT2D eigenvalue weighted by Crippen LogP contribution is 2.24. The van der Waals surface area contributed by atoms with Gasteiger partial charge in [-0.3, -0.25) is 4.79 Å². The van der Waals surface area contributed by atoms with Crippen LogP contribution in [0.1, 0.15) is 29.6 Å². The molecule has 1 aliphatic rings. The van der Waals surface area contributed by atoms with E-state index in [-0.39, 0.29) is 12.2 Å². The van der Waals surface area contributed by atoms with Crippen molar-refractivity contribution in [2.75, 3.05) is 13.2 Å².